The zero-order valence-corrected chi connectivity index (χ0v) is 12.5. The van der Waals surface area contributed by atoms with Crippen molar-refractivity contribution in [2.75, 3.05) is 13.2 Å². The lowest BCUT2D eigenvalue weighted by Crippen LogP contribution is -2.60. The fourth-order valence-corrected chi connectivity index (χ4v) is 3.21. The number of hydrogen-bond acceptors (Lipinski definition) is 3. The summed E-state index contributed by atoms with van der Waals surface area (Å²) in [4.78, 5) is 25.9. The molecule has 0 bridgehead atoms. The minimum atomic E-state index is -1.10. The average Bonchev–Trinajstić information content (AvgIpc) is 2.42. The lowest BCUT2D eigenvalue weighted by molar-refractivity contribution is -0.146. The van der Waals surface area contributed by atoms with Gasteiger partial charge >= 0.3 is 12.0 Å². The summed E-state index contributed by atoms with van der Waals surface area (Å²) in [6.07, 6.45) is 7.31. The minimum Gasteiger partial charge on any atom is -0.480 e. The number of nitrogens with one attached hydrogen (secondary N) is 1. The van der Waals surface area contributed by atoms with Gasteiger partial charge in [-0.2, -0.15) is 0 Å². The Hall–Kier alpha value is -1.30. The number of rotatable bonds is 6. The van der Waals surface area contributed by atoms with Crippen LogP contribution in [-0.2, 0) is 4.79 Å². The highest BCUT2D eigenvalue weighted by atomic mass is 16.4. The Balaban J connectivity index is 2.02. The predicted octanol–water partition coefficient (Wildman–Crippen LogP) is 1.72. The second kappa shape index (κ2) is 7.11. The fourth-order valence-electron chi connectivity index (χ4n) is 3.21. The predicted molar refractivity (Wildman–Crippen MR) is 78.0 cm³/mol. The Morgan fingerprint density at radius 1 is 1.14 bits per heavy atom. The number of urea groups is 1. The van der Waals surface area contributed by atoms with E-state index in [0.717, 1.165) is 38.5 Å². The number of aliphatic hydroxyl groups is 1. The van der Waals surface area contributed by atoms with Gasteiger partial charge in [-0.3, -0.25) is 0 Å². The van der Waals surface area contributed by atoms with Crippen molar-refractivity contribution < 1.29 is 19.8 Å². The fraction of sp³-hybridized carbons (Fsp3) is 0.867. The van der Waals surface area contributed by atoms with Crippen LogP contribution in [0.1, 0.15) is 57.8 Å². The van der Waals surface area contributed by atoms with Crippen LogP contribution in [0, 0.1) is 0 Å². The highest BCUT2D eigenvalue weighted by molar-refractivity contribution is 5.86. The summed E-state index contributed by atoms with van der Waals surface area (Å²) >= 11 is 0. The largest absolute Gasteiger partial charge is 0.480 e. The molecule has 2 amide bonds. The number of carboxylic acids is 1. The van der Waals surface area contributed by atoms with E-state index in [1.165, 1.54) is 0 Å². The lowest BCUT2D eigenvalue weighted by atomic mass is 9.81. The first-order chi connectivity index (χ1) is 10.1. The first kappa shape index (κ1) is 16.1. The molecule has 2 fully saturated rings. The quantitative estimate of drug-likeness (QED) is 0.696. The van der Waals surface area contributed by atoms with Crippen LogP contribution < -0.4 is 5.32 Å². The minimum absolute atomic E-state index is 0.0422. The molecular weight excluding hydrogens is 272 g/mol. The molecular formula is C15H26N2O4. The summed E-state index contributed by atoms with van der Waals surface area (Å²) in [7, 11) is 0. The number of aliphatic carboxylic acids is 1. The third-order valence-electron chi connectivity index (χ3n) is 4.80. The second-order valence-electron chi connectivity index (χ2n) is 6.23. The van der Waals surface area contributed by atoms with Gasteiger partial charge in [-0.05, 0) is 38.5 Å². The topological polar surface area (TPSA) is 89.9 Å². The summed E-state index contributed by atoms with van der Waals surface area (Å²) in [5.41, 5.74) is -1.10. The monoisotopic (exact) mass is 298 g/mol. The van der Waals surface area contributed by atoms with E-state index in [4.69, 9.17) is 5.11 Å². The van der Waals surface area contributed by atoms with E-state index in [1.54, 1.807) is 4.90 Å². The molecule has 3 N–H and O–H groups in total. The van der Waals surface area contributed by atoms with Gasteiger partial charge in [0.15, 0.2) is 0 Å². The Labute approximate surface area is 125 Å². The molecule has 0 aromatic rings. The van der Waals surface area contributed by atoms with Gasteiger partial charge < -0.3 is 20.4 Å². The molecule has 120 valence electrons. The van der Waals surface area contributed by atoms with Crippen molar-refractivity contribution in [3.8, 4) is 0 Å². The second-order valence-corrected chi connectivity index (χ2v) is 6.23. The van der Waals surface area contributed by atoms with E-state index >= 15 is 0 Å². The summed E-state index contributed by atoms with van der Waals surface area (Å²) < 4.78 is 0. The van der Waals surface area contributed by atoms with Crippen molar-refractivity contribution in [2.24, 2.45) is 0 Å². The molecule has 2 aliphatic carbocycles. The van der Waals surface area contributed by atoms with Crippen molar-refractivity contribution in [3.63, 3.8) is 0 Å². The van der Waals surface area contributed by atoms with Gasteiger partial charge in [0, 0.05) is 19.2 Å². The van der Waals surface area contributed by atoms with E-state index in [2.05, 4.69) is 5.32 Å². The number of amides is 2. The van der Waals surface area contributed by atoms with Crippen LogP contribution in [0.25, 0.3) is 0 Å². The van der Waals surface area contributed by atoms with Crippen molar-refractivity contribution >= 4 is 12.0 Å². The summed E-state index contributed by atoms with van der Waals surface area (Å²) in [6.45, 7) is 0.531. The molecule has 0 radical (unpaired) electrons. The van der Waals surface area contributed by atoms with Crippen molar-refractivity contribution in [2.45, 2.75) is 69.4 Å². The van der Waals surface area contributed by atoms with Crippen LogP contribution in [0.4, 0.5) is 4.79 Å². The van der Waals surface area contributed by atoms with Crippen LogP contribution in [0.2, 0.25) is 0 Å². The van der Waals surface area contributed by atoms with Crippen molar-refractivity contribution in [1.82, 2.24) is 10.2 Å². The molecule has 0 spiro atoms. The molecule has 0 aliphatic heterocycles. The van der Waals surface area contributed by atoms with Crippen molar-refractivity contribution in [3.05, 3.63) is 0 Å². The summed E-state index contributed by atoms with van der Waals surface area (Å²) in [5.74, 6) is -0.925. The number of carboxylic acid groups (broad SMARTS) is 1. The SMILES string of the molecule is O=C(NC1(C(=O)O)CCCCC1)N(CCCO)C1CCC1. The lowest BCUT2D eigenvalue weighted by Gasteiger charge is -2.41. The smallest absolute Gasteiger partial charge is 0.329 e. The van der Waals surface area contributed by atoms with Crippen LogP contribution in [0.15, 0.2) is 0 Å². The van der Waals surface area contributed by atoms with Gasteiger partial charge in [0.2, 0.25) is 0 Å². The van der Waals surface area contributed by atoms with E-state index in [1.807, 2.05) is 0 Å². The molecule has 6 nitrogen and oxygen atoms in total. The van der Waals surface area contributed by atoms with Crippen LogP contribution in [0.5, 0.6) is 0 Å². The van der Waals surface area contributed by atoms with Gasteiger partial charge in [0.25, 0.3) is 0 Å². The Kier molecular flexibility index (Phi) is 5.45. The normalized spacial score (nSPS) is 21.4. The molecule has 0 aromatic heterocycles. The van der Waals surface area contributed by atoms with Gasteiger partial charge in [0.1, 0.15) is 5.54 Å². The van der Waals surface area contributed by atoms with E-state index in [0.29, 0.717) is 25.8 Å². The Bertz CT molecular complexity index is 376. The molecule has 2 saturated carbocycles. The molecule has 2 aliphatic rings. The highest BCUT2D eigenvalue weighted by Gasteiger charge is 2.42. The molecule has 0 heterocycles. The van der Waals surface area contributed by atoms with E-state index in [-0.39, 0.29) is 18.7 Å². The van der Waals surface area contributed by atoms with Gasteiger partial charge in [-0.25, -0.2) is 9.59 Å². The molecule has 0 atom stereocenters. The summed E-state index contributed by atoms with van der Waals surface area (Å²) in [6, 6.07) is -0.0802. The molecule has 6 heteroatoms. The van der Waals surface area contributed by atoms with Gasteiger partial charge in [-0.1, -0.05) is 19.3 Å². The standard InChI is InChI=1S/C15H26N2O4/c18-11-5-10-17(12-6-4-7-12)14(21)16-15(13(19)20)8-2-1-3-9-15/h12,18H,1-11H2,(H,16,21)(H,19,20). The Morgan fingerprint density at radius 3 is 2.29 bits per heavy atom. The highest BCUT2D eigenvalue weighted by Crippen LogP contribution is 2.30. The third-order valence-corrected chi connectivity index (χ3v) is 4.80. The average molecular weight is 298 g/mol. The van der Waals surface area contributed by atoms with Crippen LogP contribution in [0.3, 0.4) is 0 Å². The van der Waals surface area contributed by atoms with Crippen LogP contribution >= 0.6 is 0 Å². The maximum atomic E-state index is 12.5. The van der Waals surface area contributed by atoms with E-state index in [9.17, 15) is 14.7 Å². The first-order valence-electron chi connectivity index (χ1n) is 8.02. The van der Waals surface area contributed by atoms with Crippen molar-refractivity contribution in [1.29, 1.82) is 0 Å². The maximum Gasteiger partial charge on any atom is 0.329 e. The molecule has 0 unspecified atom stereocenters. The van der Waals surface area contributed by atoms with Crippen LogP contribution in [-0.4, -0.2) is 51.8 Å². The third kappa shape index (κ3) is 3.67. The number of nitrogens with zero attached hydrogens (tertiary/aromatic N) is 1. The number of carbonyl (C=O) groups is 2. The number of hydrogen-bond donors (Lipinski definition) is 3. The van der Waals surface area contributed by atoms with Gasteiger partial charge in [-0.15, -0.1) is 0 Å². The number of carbonyl (C=O) groups excluding carboxylic acids is 1. The molecule has 2 rings (SSSR count). The zero-order valence-electron chi connectivity index (χ0n) is 12.5. The zero-order chi connectivity index (χ0) is 15.3. The maximum absolute atomic E-state index is 12.5. The molecule has 0 aromatic carbocycles. The number of aliphatic hydroxyl groups excluding tert-OH is 1. The molecule has 21 heavy (non-hydrogen) atoms. The van der Waals surface area contributed by atoms with E-state index < -0.39 is 11.5 Å². The molecule has 0 saturated heterocycles. The Morgan fingerprint density at radius 2 is 1.81 bits per heavy atom. The van der Waals surface area contributed by atoms with Gasteiger partial charge in [0.05, 0.1) is 0 Å². The summed E-state index contributed by atoms with van der Waals surface area (Å²) in [5, 5.41) is 21.3. The first-order valence-corrected chi connectivity index (χ1v) is 8.02.